The van der Waals surface area contributed by atoms with E-state index in [0.29, 0.717) is 6.61 Å². The van der Waals surface area contributed by atoms with Gasteiger partial charge in [-0.15, -0.1) is 11.3 Å². The van der Waals surface area contributed by atoms with Gasteiger partial charge in [0.2, 0.25) is 5.91 Å². The highest BCUT2D eigenvalue weighted by Crippen LogP contribution is 2.23. The van der Waals surface area contributed by atoms with Gasteiger partial charge in [-0.2, -0.15) is 0 Å². The van der Waals surface area contributed by atoms with Crippen molar-refractivity contribution in [2.24, 2.45) is 0 Å². The molecule has 1 N–H and O–H groups in total. The Hall–Kier alpha value is -3.12. The molecule has 1 unspecified atom stereocenters. The highest BCUT2D eigenvalue weighted by molar-refractivity contribution is 7.09. The minimum absolute atomic E-state index is 0.0886. The van der Waals surface area contributed by atoms with Crippen molar-refractivity contribution in [3.63, 3.8) is 0 Å². The summed E-state index contributed by atoms with van der Waals surface area (Å²) < 4.78 is 11.6. The van der Waals surface area contributed by atoms with Crippen LogP contribution in [0.25, 0.3) is 11.0 Å². The van der Waals surface area contributed by atoms with Gasteiger partial charge in [-0.05, 0) is 38.1 Å². The molecule has 0 bridgehead atoms. The van der Waals surface area contributed by atoms with Crippen LogP contribution in [0.3, 0.4) is 0 Å². The molecule has 4 rings (SSSR count). The largest absolute Gasteiger partial charge is 0.486 e. The Labute approximate surface area is 173 Å². The Morgan fingerprint density at radius 3 is 2.79 bits per heavy atom. The zero-order chi connectivity index (χ0) is 20.2. The van der Waals surface area contributed by atoms with Crippen molar-refractivity contribution in [2.45, 2.75) is 32.9 Å². The summed E-state index contributed by atoms with van der Waals surface area (Å²) in [5, 5.41) is 6.76. The molecule has 1 atom stereocenters. The van der Waals surface area contributed by atoms with Gasteiger partial charge in [0, 0.05) is 10.8 Å². The zero-order valence-electron chi connectivity index (χ0n) is 16.3. The average molecular weight is 407 g/mol. The van der Waals surface area contributed by atoms with Crippen LogP contribution in [0.15, 0.2) is 64.4 Å². The van der Waals surface area contributed by atoms with Gasteiger partial charge in [0.15, 0.2) is 0 Å². The van der Waals surface area contributed by atoms with E-state index in [2.05, 4.69) is 10.3 Å². The molecule has 0 radical (unpaired) electrons. The van der Waals surface area contributed by atoms with Crippen molar-refractivity contribution in [2.75, 3.05) is 0 Å². The number of amides is 1. The summed E-state index contributed by atoms with van der Waals surface area (Å²) in [5.41, 5.74) is 2.75. The first kappa shape index (κ1) is 19.2. The highest BCUT2D eigenvalue weighted by atomic mass is 32.1. The van der Waals surface area contributed by atoms with Crippen molar-refractivity contribution in [3.05, 3.63) is 82.0 Å². The maximum Gasteiger partial charge on any atom is 0.226 e. The summed E-state index contributed by atoms with van der Waals surface area (Å²) in [4.78, 5) is 16.9. The van der Waals surface area contributed by atoms with E-state index in [1.54, 1.807) is 0 Å². The van der Waals surface area contributed by atoms with E-state index >= 15 is 0 Å². The number of furan rings is 1. The van der Waals surface area contributed by atoms with Crippen LogP contribution < -0.4 is 10.1 Å². The van der Waals surface area contributed by atoms with Crippen LogP contribution in [0, 0.1) is 6.92 Å². The molecule has 2 aromatic heterocycles. The monoisotopic (exact) mass is 406 g/mol. The number of para-hydroxylation sites is 1. The van der Waals surface area contributed by atoms with E-state index in [1.807, 2.05) is 73.8 Å². The van der Waals surface area contributed by atoms with E-state index in [9.17, 15) is 4.79 Å². The van der Waals surface area contributed by atoms with Crippen LogP contribution in [0.5, 0.6) is 5.75 Å². The van der Waals surface area contributed by atoms with Crippen LogP contribution in [-0.4, -0.2) is 10.9 Å². The Morgan fingerprint density at radius 2 is 2.00 bits per heavy atom. The molecule has 148 valence electrons. The Balaban J connectivity index is 1.30. The predicted octanol–water partition coefficient (Wildman–Crippen LogP) is 5.20. The molecule has 0 aliphatic heterocycles. The number of aryl methyl sites for hydroxylation is 1. The third-order valence-electron chi connectivity index (χ3n) is 4.57. The normalized spacial score (nSPS) is 12.1. The molecule has 0 saturated carbocycles. The van der Waals surface area contributed by atoms with Crippen LogP contribution in [0.1, 0.15) is 35.0 Å². The quantitative estimate of drug-likeness (QED) is 0.458. The fraction of sp³-hybridized carbons (Fsp3) is 0.217. The molecule has 0 aliphatic rings. The highest BCUT2D eigenvalue weighted by Gasteiger charge is 2.15. The lowest BCUT2D eigenvalue weighted by Gasteiger charge is -2.10. The molecule has 0 spiro atoms. The molecular weight excluding hydrogens is 384 g/mol. The third-order valence-corrected chi connectivity index (χ3v) is 5.44. The number of thiazole rings is 1. The van der Waals surface area contributed by atoms with Crippen LogP contribution in [-0.2, 0) is 17.8 Å². The molecule has 6 heteroatoms. The second-order valence-electron chi connectivity index (χ2n) is 6.99. The number of ether oxygens (including phenoxy) is 1. The average Bonchev–Trinajstić information content (AvgIpc) is 3.34. The number of hydrogen-bond donors (Lipinski definition) is 1. The van der Waals surface area contributed by atoms with Crippen LogP contribution in [0.2, 0.25) is 0 Å². The Kier molecular flexibility index (Phi) is 5.62. The smallest absolute Gasteiger partial charge is 0.226 e. The zero-order valence-corrected chi connectivity index (χ0v) is 17.2. The lowest BCUT2D eigenvalue weighted by molar-refractivity contribution is -0.121. The second-order valence-corrected chi connectivity index (χ2v) is 7.93. The standard InChI is InChI=1S/C23H22N2O3S/c1-15-7-9-19(10-8-15)27-13-23-25-18(14-29-23)12-22(26)24-16(2)21-11-17-5-3-4-6-20(17)28-21/h3-11,14,16H,12-13H2,1-2H3,(H,24,26). The first-order chi connectivity index (χ1) is 14.1. The molecule has 0 saturated heterocycles. The maximum atomic E-state index is 12.4. The fourth-order valence-electron chi connectivity index (χ4n) is 3.02. The first-order valence-corrected chi connectivity index (χ1v) is 10.4. The number of rotatable bonds is 7. The number of benzene rings is 2. The SMILES string of the molecule is Cc1ccc(OCc2nc(CC(=O)NC(C)c3cc4ccccc4o3)cs2)cc1. The summed E-state index contributed by atoms with van der Waals surface area (Å²) in [6, 6.07) is 17.5. The van der Waals surface area contributed by atoms with Gasteiger partial charge < -0.3 is 14.5 Å². The molecule has 0 aliphatic carbocycles. The fourth-order valence-corrected chi connectivity index (χ4v) is 3.72. The Bertz CT molecular complexity index is 1080. The van der Waals surface area contributed by atoms with Gasteiger partial charge in [-0.1, -0.05) is 35.9 Å². The number of aromatic nitrogens is 1. The van der Waals surface area contributed by atoms with Crippen molar-refractivity contribution in [3.8, 4) is 5.75 Å². The summed E-state index contributed by atoms with van der Waals surface area (Å²) in [6.45, 7) is 4.35. The lowest BCUT2D eigenvalue weighted by atomic mass is 10.2. The van der Waals surface area contributed by atoms with Crippen LogP contribution >= 0.6 is 11.3 Å². The second kappa shape index (κ2) is 8.49. The van der Waals surface area contributed by atoms with Gasteiger partial charge in [0.1, 0.15) is 28.7 Å². The number of carbonyl (C=O) groups is 1. The molecule has 4 aromatic rings. The minimum Gasteiger partial charge on any atom is -0.486 e. The van der Waals surface area contributed by atoms with Gasteiger partial charge in [0.25, 0.3) is 0 Å². The topological polar surface area (TPSA) is 64.4 Å². The predicted molar refractivity (Wildman–Crippen MR) is 114 cm³/mol. The molecular formula is C23H22N2O3S. The maximum absolute atomic E-state index is 12.4. The van der Waals surface area contributed by atoms with E-state index in [1.165, 1.54) is 16.9 Å². The summed E-state index contributed by atoms with van der Waals surface area (Å²) in [7, 11) is 0. The van der Waals surface area contributed by atoms with Gasteiger partial charge in [-0.3, -0.25) is 4.79 Å². The van der Waals surface area contributed by atoms with E-state index < -0.39 is 0 Å². The van der Waals surface area contributed by atoms with E-state index in [4.69, 9.17) is 9.15 Å². The first-order valence-electron chi connectivity index (χ1n) is 9.47. The molecule has 0 fully saturated rings. The number of hydrogen-bond acceptors (Lipinski definition) is 5. The number of nitrogens with one attached hydrogen (secondary N) is 1. The molecule has 29 heavy (non-hydrogen) atoms. The molecule has 2 heterocycles. The van der Waals surface area contributed by atoms with Crippen molar-refractivity contribution >= 4 is 28.2 Å². The molecule has 1 amide bonds. The van der Waals surface area contributed by atoms with Crippen LogP contribution in [0.4, 0.5) is 0 Å². The molecule has 5 nitrogen and oxygen atoms in total. The van der Waals surface area contributed by atoms with E-state index in [0.717, 1.165) is 33.2 Å². The number of nitrogens with zero attached hydrogens (tertiary/aromatic N) is 1. The third kappa shape index (κ3) is 4.84. The van der Waals surface area contributed by atoms with Crippen molar-refractivity contribution in [1.82, 2.24) is 10.3 Å². The van der Waals surface area contributed by atoms with Crippen molar-refractivity contribution in [1.29, 1.82) is 0 Å². The van der Waals surface area contributed by atoms with Crippen molar-refractivity contribution < 1.29 is 13.9 Å². The lowest BCUT2D eigenvalue weighted by Crippen LogP contribution is -2.28. The number of fused-ring (bicyclic) bond motifs is 1. The van der Waals surface area contributed by atoms with Gasteiger partial charge in [0.05, 0.1) is 18.2 Å². The number of carbonyl (C=O) groups excluding carboxylic acids is 1. The van der Waals surface area contributed by atoms with Gasteiger partial charge >= 0.3 is 0 Å². The summed E-state index contributed by atoms with van der Waals surface area (Å²) in [6.07, 6.45) is 0.228. The summed E-state index contributed by atoms with van der Waals surface area (Å²) >= 11 is 1.50. The summed E-state index contributed by atoms with van der Waals surface area (Å²) in [5.74, 6) is 1.46. The van der Waals surface area contributed by atoms with Gasteiger partial charge in [-0.25, -0.2) is 4.98 Å². The molecule has 2 aromatic carbocycles. The Morgan fingerprint density at radius 1 is 1.21 bits per heavy atom. The minimum atomic E-state index is -0.210. The van der Waals surface area contributed by atoms with E-state index in [-0.39, 0.29) is 18.4 Å².